The van der Waals surface area contributed by atoms with Crippen LogP contribution in [0.15, 0.2) is 42.7 Å². The van der Waals surface area contributed by atoms with Crippen LogP contribution in [0, 0.1) is 0 Å². The molecule has 0 bridgehead atoms. The molecule has 18 heavy (non-hydrogen) atoms. The SMILES string of the molecule is CN(C)CC(c1ccccc1)n1cc(N)cn1.Cl. The van der Waals surface area contributed by atoms with Crippen LogP contribution in [-0.4, -0.2) is 35.3 Å². The molecule has 1 aromatic heterocycles. The van der Waals surface area contributed by atoms with E-state index in [2.05, 4.69) is 36.2 Å². The number of hydrogen-bond donors (Lipinski definition) is 1. The maximum absolute atomic E-state index is 5.73. The molecule has 1 aromatic carbocycles. The lowest BCUT2D eigenvalue weighted by atomic mass is 10.1. The van der Waals surface area contributed by atoms with Crippen LogP contribution in [0.2, 0.25) is 0 Å². The summed E-state index contributed by atoms with van der Waals surface area (Å²) in [4.78, 5) is 2.15. The number of benzene rings is 1. The molecule has 2 aromatic rings. The van der Waals surface area contributed by atoms with E-state index in [1.54, 1.807) is 6.20 Å². The second-order valence-corrected chi connectivity index (χ2v) is 4.44. The molecule has 0 aliphatic carbocycles. The number of anilines is 1. The van der Waals surface area contributed by atoms with Gasteiger partial charge in [-0.25, -0.2) is 0 Å². The van der Waals surface area contributed by atoms with Gasteiger partial charge in [0.25, 0.3) is 0 Å². The number of nitrogens with zero attached hydrogens (tertiary/aromatic N) is 3. The highest BCUT2D eigenvalue weighted by molar-refractivity contribution is 5.85. The Hall–Kier alpha value is -1.52. The van der Waals surface area contributed by atoms with Crippen molar-refractivity contribution in [3.63, 3.8) is 0 Å². The second kappa shape index (κ2) is 6.42. The van der Waals surface area contributed by atoms with Gasteiger partial charge in [-0.05, 0) is 19.7 Å². The van der Waals surface area contributed by atoms with Crippen LogP contribution in [0.5, 0.6) is 0 Å². The number of rotatable bonds is 4. The van der Waals surface area contributed by atoms with Crippen LogP contribution in [-0.2, 0) is 0 Å². The number of likely N-dealkylation sites (N-methyl/N-ethyl adjacent to an activating group) is 1. The van der Waals surface area contributed by atoms with Crippen molar-refractivity contribution in [2.75, 3.05) is 26.4 Å². The van der Waals surface area contributed by atoms with E-state index in [-0.39, 0.29) is 18.4 Å². The molecule has 0 spiro atoms. The van der Waals surface area contributed by atoms with Crippen LogP contribution in [0.4, 0.5) is 5.69 Å². The van der Waals surface area contributed by atoms with Crippen molar-refractivity contribution in [1.29, 1.82) is 0 Å². The summed E-state index contributed by atoms with van der Waals surface area (Å²) in [5.74, 6) is 0. The van der Waals surface area contributed by atoms with Gasteiger partial charge in [0.15, 0.2) is 0 Å². The Morgan fingerprint density at radius 1 is 1.28 bits per heavy atom. The fourth-order valence-electron chi connectivity index (χ4n) is 1.89. The number of nitrogens with two attached hydrogens (primary N) is 1. The Balaban J connectivity index is 0.00000162. The molecule has 0 radical (unpaired) electrons. The van der Waals surface area contributed by atoms with Crippen LogP contribution >= 0.6 is 12.4 Å². The highest BCUT2D eigenvalue weighted by Gasteiger charge is 2.15. The van der Waals surface area contributed by atoms with Crippen molar-refractivity contribution in [3.05, 3.63) is 48.3 Å². The lowest BCUT2D eigenvalue weighted by Crippen LogP contribution is -2.25. The van der Waals surface area contributed by atoms with Crippen molar-refractivity contribution in [1.82, 2.24) is 14.7 Å². The minimum Gasteiger partial charge on any atom is -0.396 e. The van der Waals surface area contributed by atoms with E-state index in [1.807, 2.05) is 29.1 Å². The first-order valence-electron chi connectivity index (χ1n) is 5.66. The molecule has 0 aliphatic rings. The van der Waals surface area contributed by atoms with E-state index in [9.17, 15) is 0 Å². The van der Waals surface area contributed by atoms with Crippen molar-refractivity contribution in [3.8, 4) is 0 Å². The molecule has 1 heterocycles. The van der Waals surface area contributed by atoms with Crippen LogP contribution in [0.25, 0.3) is 0 Å². The summed E-state index contributed by atoms with van der Waals surface area (Å²) in [6.07, 6.45) is 3.56. The maximum Gasteiger partial charge on any atom is 0.0895 e. The minimum atomic E-state index is 0. The zero-order valence-corrected chi connectivity index (χ0v) is 11.5. The summed E-state index contributed by atoms with van der Waals surface area (Å²) < 4.78 is 1.92. The highest BCUT2D eigenvalue weighted by atomic mass is 35.5. The summed E-state index contributed by atoms with van der Waals surface area (Å²) in [7, 11) is 4.12. The van der Waals surface area contributed by atoms with Crippen LogP contribution < -0.4 is 5.73 Å². The molecule has 2 rings (SSSR count). The normalized spacial score (nSPS) is 12.2. The Morgan fingerprint density at radius 2 is 1.94 bits per heavy atom. The summed E-state index contributed by atoms with van der Waals surface area (Å²) in [6, 6.07) is 10.5. The first-order valence-corrected chi connectivity index (χ1v) is 5.66. The van der Waals surface area contributed by atoms with E-state index in [0.29, 0.717) is 5.69 Å². The Labute approximate surface area is 114 Å². The molecule has 1 atom stereocenters. The molecule has 1 unspecified atom stereocenters. The first kappa shape index (κ1) is 14.5. The fraction of sp³-hybridized carbons (Fsp3) is 0.308. The van der Waals surface area contributed by atoms with Gasteiger partial charge in [0.1, 0.15) is 0 Å². The molecule has 4 nitrogen and oxygen atoms in total. The average Bonchev–Trinajstić information content (AvgIpc) is 2.73. The third kappa shape index (κ3) is 3.48. The maximum atomic E-state index is 5.73. The van der Waals surface area contributed by atoms with Gasteiger partial charge in [-0.3, -0.25) is 4.68 Å². The summed E-state index contributed by atoms with van der Waals surface area (Å²) in [6.45, 7) is 0.894. The quantitative estimate of drug-likeness (QED) is 0.921. The lowest BCUT2D eigenvalue weighted by Gasteiger charge is -2.21. The number of aromatic nitrogens is 2. The summed E-state index contributed by atoms with van der Waals surface area (Å²) in [5, 5.41) is 4.31. The van der Waals surface area contributed by atoms with Crippen LogP contribution in [0.1, 0.15) is 11.6 Å². The molecular formula is C13H19ClN4. The number of nitrogen functional groups attached to an aromatic ring is 1. The van der Waals surface area contributed by atoms with Gasteiger partial charge in [-0.15, -0.1) is 12.4 Å². The molecule has 98 valence electrons. The van der Waals surface area contributed by atoms with Crippen molar-refractivity contribution in [2.45, 2.75) is 6.04 Å². The largest absolute Gasteiger partial charge is 0.396 e. The first-order chi connectivity index (χ1) is 8.16. The van der Waals surface area contributed by atoms with Crippen molar-refractivity contribution < 1.29 is 0 Å². The van der Waals surface area contributed by atoms with Gasteiger partial charge in [0, 0.05) is 12.7 Å². The minimum absolute atomic E-state index is 0. The Morgan fingerprint density at radius 3 is 2.44 bits per heavy atom. The molecular weight excluding hydrogens is 248 g/mol. The van der Waals surface area contributed by atoms with Crippen molar-refractivity contribution in [2.24, 2.45) is 0 Å². The predicted molar refractivity (Wildman–Crippen MR) is 77.0 cm³/mol. The van der Waals surface area contributed by atoms with Crippen molar-refractivity contribution >= 4 is 18.1 Å². The summed E-state index contributed by atoms with van der Waals surface area (Å²) in [5.41, 5.74) is 7.67. The Bertz CT molecular complexity index is 467. The van der Waals surface area contributed by atoms with E-state index in [0.717, 1.165) is 6.54 Å². The molecule has 2 N–H and O–H groups in total. The monoisotopic (exact) mass is 266 g/mol. The van der Waals surface area contributed by atoms with Gasteiger partial charge in [0.2, 0.25) is 0 Å². The van der Waals surface area contributed by atoms with Crippen LogP contribution in [0.3, 0.4) is 0 Å². The van der Waals surface area contributed by atoms with Gasteiger partial charge in [-0.2, -0.15) is 5.10 Å². The highest BCUT2D eigenvalue weighted by Crippen LogP contribution is 2.19. The molecule has 5 heteroatoms. The molecule has 0 saturated heterocycles. The van der Waals surface area contributed by atoms with E-state index in [4.69, 9.17) is 5.73 Å². The molecule has 0 fully saturated rings. The Kier molecular flexibility index (Phi) is 5.19. The smallest absolute Gasteiger partial charge is 0.0895 e. The second-order valence-electron chi connectivity index (χ2n) is 4.44. The molecule has 0 saturated carbocycles. The lowest BCUT2D eigenvalue weighted by molar-refractivity contribution is 0.337. The van der Waals surface area contributed by atoms with Gasteiger partial charge in [0.05, 0.1) is 17.9 Å². The van der Waals surface area contributed by atoms with E-state index in [1.165, 1.54) is 5.56 Å². The fourth-order valence-corrected chi connectivity index (χ4v) is 1.89. The number of halogens is 1. The van der Waals surface area contributed by atoms with Gasteiger partial charge >= 0.3 is 0 Å². The zero-order chi connectivity index (χ0) is 12.3. The average molecular weight is 267 g/mol. The van der Waals surface area contributed by atoms with Gasteiger partial charge in [-0.1, -0.05) is 30.3 Å². The number of hydrogen-bond acceptors (Lipinski definition) is 3. The zero-order valence-electron chi connectivity index (χ0n) is 10.7. The van der Waals surface area contributed by atoms with E-state index >= 15 is 0 Å². The third-order valence-electron chi connectivity index (χ3n) is 2.66. The van der Waals surface area contributed by atoms with E-state index < -0.39 is 0 Å². The summed E-state index contributed by atoms with van der Waals surface area (Å²) >= 11 is 0. The van der Waals surface area contributed by atoms with Gasteiger partial charge < -0.3 is 10.6 Å². The predicted octanol–water partition coefficient (Wildman–Crippen LogP) is 2.04. The third-order valence-corrected chi connectivity index (χ3v) is 2.66. The molecule has 0 amide bonds. The molecule has 0 aliphatic heterocycles. The standard InChI is InChI=1S/C13H18N4.ClH/c1-16(2)10-13(11-6-4-3-5-7-11)17-9-12(14)8-15-17;/h3-9,13H,10,14H2,1-2H3;1H. The topological polar surface area (TPSA) is 47.1 Å².